The van der Waals surface area contributed by atoms with E-state index < -0.39 is 15.6 Å². The number of hydrogen-bond donors (Lipinski definition) is 1. The van der Waals surface area contributed by atoms with Gasteiger partial charge in [0, 0.05) is 18.6 Å². The van der Waals surface area contributed by atoms with Gasteiger partial charge in [0.2, 0.25) is 10.0 Å². The monoisotopic (exact) mass is 436 g/mol. The van der Waals surface area contributed by atoms with Crippen molar-refractivity contribution in [1.29, 1.82) is 0 Å². The zero-order chi connectivity index (χ0) is 21.4. The van der Waals surface area contributed by atoms with Crippen LogP contribution in [-0.4, -0.2) is 63.1 Å². The average Bonchev–Trinajstić information content (AvgIpc) is 2.67. The Balaban J connectivity index is 1.64. The van der Waals surface area contributed by atoms with E-state index in [2.05, 4.69) is 47.7 Å². The van der Waals surface area contributed by atoms with Crippen LogP contribution in [0.1, 0.15) is 63.9 Å². The molecule has 2 atom stereocenters. The molecular weight excluding hydrogens is 400 g/mol. The quantitative estimate of drug-likeness (QED) is 0.771. The summed E-state index contributed by atoms with van der Waals surface area (Å²) in [5.74, 6) is 1.50. The molecule has 0 amide bonds. The number of ether oxygens (including phenoxy) is 2. The molecule has 1 saturated carbocycles. The molecule has 6 nitrogen and oxygen atoms in total. The third-order valence-corrected chi connectivity index (χ3v) is 7.50. The van der Waals surface area contributed by atoms with E-state index in [0.717, 1.165) is 57.4 Å². The zero-order valence-corrected chi connectivity index (χ0v) is 19.3. The van der Waals surface area contributed by atoms with Crippen LogP contribution < -0.4 is 9.46 Å². The van der Waals surface area contributed by atoms with Crippen LogP contribution in [0.3, 0.4) is 0 Å². The van der Waals surface area contributed by atoms with Crippen LogP contribution in [0.15, 0.2) is 24.3 Å². The van der Waals surface area contributed by atoms with Crippen molar-refractivity contribution in [2.75, 3.05) is 26.0 Å². The van der Waals surface area contributed by atoms with Crippen molar-refractivity contribution in [3.8, 4) is 5.75 Å². The molecule has 30 heavy (non-hydrogen) atoms. The Morgan fingerprint density at radius 3 is 2.57 bits per heavy atom. The molecule has 4 aliphatic rings. The summed E-state index contributed by atoms with van der Waals surface area (Å²) >= 11 is 0. The Morgan fingerprint density at radius 1 is 1.10 bits per heavy atom. The highest BCUT2D eigenvalue weighted by Gasteiger charge is 2.38. The van der Waals surface area contributed by atoms with E-state index in [4.69, 9.17) is 9.47 Å². The van der Waals surface area contributed by atoms with Crippen LogP contribution in [0.4, 0.5) is 0 Å². The number of nitrogens with one attached hydrogen (secondary N) is 1. The second-order valence-electron chi connectivity index (χ2n) is 9.88. The number of piperidine rings is 1. The highest BCUT2D eigenvalue weighted by molar-refractivity contribution is 7.88. The lowest BCUT2D eigenvalue weighted by Crippen LogP contribution is -2.60. The lowest BCUT2D eigenvalue weighted by molar-refractivity contribution is -0.0427. The van der Waals surface area contributed by atoms with Crippen LogP contribution in [0.25, 0.3) is 0 Å². The van der Waals surface area contributed by atoms with Gasteiger partial charge in [0.15, 0.2) is 0 Å². The average molecular weight is 437 g/mol. The number of nitrogens with zero attached hydrogens (tertiary/aromatic N) is 1. The Kier molecular flexibility index (Phi) is 6.45. The van der Waals surface area contributed by atoms with Crippen molar-refractivity contribution in [3.63, 3.8) is 0 Å². The number of rotatable bonds is 2. The molecule has 1 aliphatic carbocycles. The molecule has 168 valence electrons. The second-order valence-corrected chi connectivity index (χ2v) is 11.7. The standard InChI is InChI=1S/C23H36N2O4S/c1-23(2)16-25-14-6-8-20(24-30(3,26)27)21(25)15-28-18-12-10-17(11-13-18)19-7-4-5-9-22(19)29-23/h4-5,7,9,17-18,20-21,24H,6,8,10-16H2,1-3H3. The first kappa shape index (κ1) is 22.1. The molecule has 1 aromatic rings. The minimum Gasteiger partial charge on any atom is -0.486 e. The fourth-order valence-electron chi connectivity index (χ4n) is 5.46. The topological polar surface area (TPSA) is 67.9 Å². The highest BCUT2D eigenvalue weighted by Crippen LogP contribution is 2.40. The molecule has 1 N–H and O–H groups in total. The van der Waals surface area contributed by atoms with Gasteiger partial charge in [-0.3, -0.25) is 4.90 Å². The van der Waals surface area contributed by atoms with Gasteiger partial charge < -0.3 is 9.47 Å². The molecular formula is C23H36N2O4S. The van der Waals surface area contributed by atoms with Gasteiger partial charge >= 0.3 is 0 Å². The number of benzene rings is 1. The Bertz CT molecular complexity index is 833. The van der Waals surface area contributed by atoms with Gasteiger partial charge in [0.05, 0.1) is 19.0 Å². The Hall–Kier alpha value is -1.15. The first-order valence-corrected chi connectivity index (χ1v) is 13.2. The van der Waals surface area contributed by atoms with Crippen LogP contribution in [0.5, 0.6) is 5.75 Å². The maximum absolute atomic E-state index is 12.0. The predicted molar refractivity (Wildman–Crippen MR) is 118 cm³/mol. The molecule has 1 aromatic carbocycles. The van der Waals surface area contributed by atoms with Crippen LogP contribution in [-0.2, 0) is 14.8 Å². The smallest absolute Gasteiger partial charge is 0.209 e. The summed E-state index contributed by atoms with van der Waals surface area (Å²) in [6.45, 7) is 6.48. The molecule has 2 fully saturated rings. The SMILES string of the molecule is CC1(C)CN2CCCC(NS(C)(=O)=O)C2COC2CCC(CC2)c2ccccc2O1. The van der Waals surface area contributed by atoms with Gasteiger partial charge in [-0.15, -0.1) is 0 Å². The van der Waals surface area contributed by atoms with E-state index in [9.17, 15) is 8.42 Å². The first-order chi connectivity index (χ1) is 14.2. The zero-order valence-electron chi connectivity index (χ0n) is 18.5. The van der Waals surface area contributed by atoms with Crippen molar-refractivity contribution in [3.05, 3.63) is 29.8 Å². The van der Waals surface area contributed by atoms with Gasteiger partial charge in [-0.25, -0.2) is 13.1 Å². The Labute approximate surface area is 181 Å². The molecule has 3 heterocycles. The van der Waals surface area contributed by atoms with E-state index in [1.807, 2.05) is 0 Å². The number of fused-ring (bicyclic) bond motifs is 5. The molecule has 0 spiro atoms. The number of para-hydroxylation sites is 1. The molecule has 3 aliphatic heterocycles. The van der Waals surface area contributed by atoms with Crippen molar-refractivity contribution in [1.82, 2.24) is 9.62 Å². The van der Waals surface area contributed by atoms with E-state index in [1.165, 1.54) is 11.8 Å². The van der Waals surface area contributed by atoms with E-state index in [1.54, 1.807) is 0 Å². The molecule has 7 heteroatoms. The third kappa shape index (κ3) is 5.36. The van der Waals surface area contributed by atoms with E-state index in [-0.39, 0.29) is 18.2 Å². The van der Waals surface area contributed by atoms with Gasteiger partial charge in [0.1, 0.15) is 11.4 Å². The summed E-state index contributed by atoms with van der Waals surface area (Å²) in [5.41, 5.74) is 0.919. The summed E-state index contributed by atoms with van der Waals surface area (Å²) in [5, 5.41) is 0. The number of hydrogen-bond acceptors (Lipinski definition) is 5. The molecule has 0 radical (unpaired) electrons. The lowest BCUT2D eigenvalue weighted by Gasteiger charge is -2.44. The summed E-state index contributed by atoms with van der Waals surface area (Å²) in [6, 6.07) is 8.37. The van der Waals surface area contributed by atoms with Gasteiger partial charge in [-0.2, -0.15) is 0 Å². The maximum atomic E-state index is 12.0. The van der Waals surface area contributed by atoms with Gasteiger partial charge in [-0.05, 0) is 76.5 Å². The van der Waals surface area contributed by atoms with Crippen molar-refractivity contribution in [2.45, 2.75) is 82.1 Å². The van der Waals surface area contributed by atoms with Crippen LogP contribution in [0.2, 0.25) is 0 Å². The fraction of sp³-hybridized carbons (Fsp3) is 0.739. The summed E-state index contributed by atoms with van der Waals surface area (Å²) in [6.07, 6.45) is 7.59. The van der Waals surface area contributed by atoms with Crippen LogP contribution >= 0.6 is 0 Å². The van der Waals surface area contributed by atoms with E-state index in [0.29, 0.717) is 12.5 Å². The molecule has 5 rings (SSSR count). The molecule has 1 saturated heterocycles. The molecule has 2 bridgehead atoms. The summed E-state index contributed by atoms with van der Waals surface area (Å²) in [7, 11) is -3.27. The second kappa shape index (κ2) is 8.77. The first-order valence-electron chi connectivity index (χ1n) is 11.3. The molecule has 2 unspecified atom stereocenters. The van der Waals surface area contributed by atoms with Gasteiger partial charge in [0.25, 0.3) is 0 Å². The van der Waals surface area contributed by atoms with Gasteiger partial charge in [-0.1, -0.05) is 18.2 Å². The predicted octanol–water partition coefficient (Wildman–Crippen LogP) is 3.28. The van der Waals surface area contributed by atoms with Crippen molar-refractivity contribution < 1.29 is 17.9 Å². The largest absolute Gasteiger partial charge is 0.486 e. The lowest BCUT2D eigenvalue weighted by atomic mass is 9.82. The Morgan fingerprint density at radius 2 is 1.83 bits per heavy atom. The summed E-state index contributed by atoms with van der Waals surface area (Å²) in [4.78, 5) is 2.37. The molecule has 0 aromatic heterocycles. The summed E-state index contributed by atoms with van der Waals surface area (Å²) < 4.78 is 39.9. The third-order valence-electron chi connectivity index (χ3n) is 6.77. The fourth-order valence-corrected chi connectivity index (χ4v) is 6.29. The maximum Gasteiger partial charge on any atom is 0.209 e. The highest BCUT2D eigenvalue weighted by atomic mass is 32.2. The van der Waals surface area contributed by atoms with Crippen molar-refractivity contribution >= 4 is 10.0 Å². The van der Waals surface area contributed by atoms with Crippen molar-refractivity contribution in [2.24, 2.45) is 0 Å². The number of sulfonamides is 1. The minimum atomic E-state index is -3.27. The van der Waals surface area contributed by atoms with Crippen LogP contribution in [0, 0.1) is 0 Å². The minimum absolute atomic E-state index is 0.0186. The van der Waals surface area contributed by atoms with E-state index >= 15 is 0 Å². The normalized spacial score (nSPS) is 32.6.